The van der Waals surface area contributed by atoms with E-state index >= 15 is 0 Å². The van der Waals surface area contributed by atoms with Crippen LogP contribution in [0.2, 0.25) is 0 Å². The molecule has 0 bridgehead atoms. The molecule has 5 N–H and O–H groups in total. The van der Waals surface area contributed by atoms with Gasteiger partial charge in [-0.2, -0.15) is 0 Å². The van der Waals surface area contributed by atoms with Crippen LogP contribution in [-0.4, -0.2) is 85.1 Å². The van der Waals surface area contributed by atoms with Crippen LogP contribution in [-0.2, 0) is 34.6 Å². The van der Waals surface area contributed by atoms with Crippen LogP contribution in [0.1, 0.15) is 64.7 Å². The average Bonchev–Trinajstić information content (AvgIpc) is 4.03. The van der Waals surface area contributed by atoms with Gasteiger partial charge in [0.1, 0.15) is 22.9 Å². The topological polar surface area (TPSA) is 175 Å². The van der Waals surface area contributed by atoms with E-state index in [9.17, 15) is 24.9 Å². The predicted octanol–water partition coefficient (Wildman–Crippen LogP) is 4.97. The van der Waals surface area contributed by atoms with E-state index in [0.29, 0.717) is 52.0 Å². The first-order valence-corrected chi connectivity index (χ1v) is 20.4. The molecule has 2 aliphatic rings. The third-order valence-electron chi connectivity index (χ3n) is 10.9. The Kier molecular flexibility index (Phi) is 10.7. The summed E-state index contributed by atoms with van der Waals surface area (Å²) in [5, 5.41) is 49.5. The molecular formula is C40H44N6O7S2. The summed E-state index contributed by atoms with van der Waals surface area (Å²) in [5.41, 5.74) is 2.62. The van der Waals surface area contributed by atoms with Crippen molar-refractivity contribution in [2.45, 2.75) is 75.5 Å². The standard InChI is InChI=1S/C40H44N6O7S2/c1-45(25-7-9-26(10-8-25)53-39(50)40(51,33-5-2-19-54-33)34-6-3-20-55-34)16-4-17-46-37-30(43-44-46)21-24(27-15-18-52-38(27)37)22-41-23-32(48)28-11-13-31(47)36-29(28)12-14-35(49)42-36/h2-3,5-6,11-14,19-21,25-26,32,41,47-48,51H,4,7-10,15-18,22-23H2,1H3,(H,42,49)/t25?,26?,32-/m0/s1. The zero-order valence-electron chi connectivity index (χ0n) is 30.4. The minimum atomic E-state index is -1.79. The molecule has 0 radical (unpaired) electrons. The number of hydrogen-bond acceptors (Lipinski definition) is 13. The molecule has 8 rings (SSSR count). The zero-order chi connectivity index (χ0) is 38.1. The number of phenolic OH excluding ortho intramolecular Hbond substituents is 1. The predicted molar refractivity (Wildman–Crippen MR) is 211 cm³/mol. The summed E-state index contributed by atoms with van der Waals surface area (Å²) in [4.78, 5) is 31.4. The summed E-state index contributed by atoms with van der Waals surface area (Å²) in [7, 11) is 2.14. The lowest BCUT2D eigenvalue weighted by Gasteiger charge is -2.35. The molecule has 0 amide bonds. The summed E-state index contributed by atoms with van der Waals surface area (Å²) < 4.78 is 14.0. The Hall–Kier alpha value is -4.64. The molecule has 0 unspecified atom stereocenters. The molecule has 0 saturated heterocycles. The van der Waals surface area contributed by atoms with Crippen molar-refractivity contribution in [2.24, 2.45) is 0 Å². The van der Waals surface area contributed by atoms with E-state index < -0.39 is 17.7 Å². The number of aliphatic hydroxyl groups is 2. The van der Waals surface area contributed by atoms with Gasteiger partial charge >= 0.3 is 5.97 Å². The van der Waals surface area contributed by atoms with E-state index in [1.54, 1.807) is 24.3 Å². The number of aryl methyl sites for hydroxylation is 1. The molecule has 1 saturated carbocycles. The maximum Gasteiger partial charge on any atom is 0.349 e. The van der Waals surface area contributed by atoms with Crippen LogP contribution in [0.3, 0.4) is 0 Å². The van der Waals surface area contributed by atoms with Crippen LogP contribution in [0, 0.1) is 0 Å². The zero-order valence-corrected chi connectivity index (χ0v) is 32.1. The number of carbonyl (C=O) groups is 1. The van der Waals surface area contributed by atoms with E-state index in [-0.39, 0.29) is 24.0 Å². The number of esters is 1. The number of hydrogen-bond donors (Lipinski definition) is 5. The summed E-state index contributed by atoms with van der Waals surface area (Å²) in [6.07, 6.45) is 3.84. The van der Waals surface area contributed by atoms with Gasteiger partial charge in [-0.1, -0.05) is 23.4 Å². The molecule has 55 heavy (non-hydrogen) atoms. The first-order chi connectivity index (χ1) is 26.7. The number of fused-ring (bicyclic) bond motifs is 4. The number of rotatable bonds is 14. The average molecular weight is 785 g/mol. The van der Waals surface area contributed by atoms with Crippen molar-refractivity contribution in [3.8, 4) is 11.5 Å². The normalized spacial score (nSPS) is 17.8. The number of thiophene rings is 2. The van der Waals surface area contributed by atoms with E-state index in [2.05, 4.69) is 32.6 Å². The molecule has 1 atom stereocenters. The van der Waals surface area contributed by atoms with Crippen LogP contribution in [0.25, 0.3) is 21.9 Å². The maximum absolute atomic E-state index is 13.4. The molecular weight excluding hydrogens is 741 g/mol. The molecule has 1 aliphatic heterocycles. The lowest BCUT2D eigenvalue weighted by atomic mass is 9.91. The molecule has 5 heterocycles. The van der Waals surface area contributed by atoms with E-state index in [4.69, 9.17) is 9.47 Å². The molecule has 13 nitrogen and oxygen atoms in total. The van der Waals surface area contributed by atoms with Gasteiger partial charge in [-0.25, -0.2) is 9.48 Å². The summed E-state index contributed by atoms with van der Waals surface area (Å²) in [6, 6.07) is 15.8. The molecule has 0 spiro atoms. The third-order valence-corrected chi connectivity index (χ3v) is 12.9. The van der Waals surface area contributed by atoms with Gasteiger partial charge in [0.25, 0.3) is 0 Å². The Bertz CT molecular complexity index is 2300. The van der Waals surface area contributed by atoms with Gasteiger partial charge in [0.05, 0.1) is 28.0 Å². The largest absolute Gasteiger partial charge is 0.506 e. The van der Waals surface area contributed by atoms with Gasteiger partial charge in [-0.3, -0.25) is 4.79 Å². The number of nitrogens with one attached hydrogen (secondary N) is 2. The van der Waals surface area contributed by atoms with Crippen molar-refractivity contribution in [3.05, 3.63) is 102 Å². The van der Waals surface area contributed by atoms with Crippen molar-refractivity contribution in [3.63, 3.8) is 0 Å². The first kappa shape index (κ1) is 37.3. The fraction of sp³-hybridized carbons (Fsp3) is 0.400. The number of ether oxygens (including phenoxy) is 2. The minimum Gasteiger partial charge on any atom is -0.506 e. The molecule has 288 valence electrons. The lowest BCUT2D eigenvalue weighted by Crippen LogP contribution is -2.42. The van der Waals surface area contributed by atoms with E-state index in [0.717, 1.165) is 73.0 Å². The molecule has 4 aromatic heterocycles. The second-order valence-corrected chi connectivity index (χ2v) is 16.3. The molecule has 1 fully saturated rings. The van der Waals surface area contributed by atoms with Crippen LogP contribution >= 0.6 is 22.7 Å². The van der Waals surface area contributed by atoms with E-state index in [1.807, 2.05) is 33.6 Å². The highest BCUT2D eigenvalue weighted by atomic mass is 32.1. The van der Waals surface area contributed by atoms with Gasteiger partial charge in [-0.15, -0.1) is 27.8 Å². The Morgan fingerprint density at radius 1 is 1.13 bits per heavy atom. The number of nitrogens with zero attached hydrogens (tertiary/aromatic N) is 4. The lowest BCUT2D eigenvalue weighted by molar-refractivity contribution is -0.169. The highest BCUT2D eigenvalue weighted by Gasteiger charge is 2.45. The summed E-state index contributed by atoms with van der Waals surface area (Å²) in [6.45, 7) is 2.88. The van der Waals surface area contributed by atoms with Crippen LogP contribution in [0.4, 0.5) is 0 Å². The van der Waals surface area contributed by atoms with Crippen molar-refractivity contribution in [1.82, 2.24) is 30.2 Å². The smallest absolute Gasteiger partial charge is 0.349 e. The second-order valence-electron chi connectivity index (χ2n) is 14.4. The minimum absolute atomic E-state index is 0.0456. The third kappa shape index (κ3) is 7.39. The van der Waals surface area contributed by atoms with E-state index in [1.165, 1.54) is 34.8 Å². The monoisotopic (exact) mass is 784 g/mol. The van der Waals surface area contributed by atoms with Crippen LogP contribution in [0.5, 0.6) is 11.5 Å². The van der Waals surface area contributed by atoms with Crippen LogP contribution < -0.4 is 15.6 Å². The number of H-pyrrole nitrogens is 1. The number of aliphatic hydroxyl groups excluding tert-OH is 1. The van der Waals surface area contributed by atoms with Gasteiger partial charge in [0.2, 0.25) is 11.2 Å². The number of aromatic nitrogens is 4. The van der Waals surface area contributed by atoms with Crippen molar-refractivity contribution >= 4 is 50.6 Å². The quantitative estimate of drug-likeness (QED) is 0.0944. The molecule has 6 aromatic rings. The molecule has 1 aliphatic carbocycles. The molecule has 2 aromatic carbocycles. The van der Waals surface area contributed by atoms with Crippen molar-refractivity contribution in [1.29, 1.82) is 0 Å². The summed E-state index contributed by atoms with van der Waals surface area (Å²) >= 11 is 2.70. The number of benzene rings is 2. The van der Waals surface area contributed by atoms with Gasteiger partial charge in [0, 0.05) is 49.1 Å². The SMILES string of the molecule is CN(CCCn1nnc2cc(CNC[C@H](O)c3ccc(O)c4[nH]c(=O)ccc34)c3c(c21)OCC3)C1CCC(OC(=O)C(O)(c2cccs2)c2cccs2)CC1. The van der Waals surface area contributed by atoms with Gasteiger partial charge < -0.3 is 40.0 Å². The fourth-order valence-electron chi connectivity index (χ4n) is 7.98. The number of pyridine rings is 1. The van der Waals surface area contributed by atoms with Gasteiger partial charge in [0.15, 0.2) is 5.75 Å². The fourth-order valence-corrected chi connectivity index (χ4v) is 9.70. The Morgan fingerprint density at radius 3 is 2.62 bits per heavy atom. The maximum atomic E-state index is 13.4. The Morgan fingerprint density at radius 2 is 1.89 bits per heavy atom. The number of aromatic hydroxyl groups is 1. The summed E-state index contributed by atoms with van der Waals surface area (Å²) in [5.74, 6) is 0.169. The van der Waals surface area contributed by atoms with Crippen molar-refractivity contribution < 1.29 is 29.6 Å². The number of phenols is 1. The highest BCUT2D eigenvalue weighted by Crippen LogP contribution is 2.39. The second kappa shape index (κ2) is 15.8. The van der Waals surface area contributed by atoms with Crippen LogP contribution in [0.15, 0.2) is 70.2 Å². The number of aromatic amines is 1. The van der Waals surface area contributed by atoms with Crippen molar-refractivity contribution in [2.75, 3.05) is 26.7 Å². The Labute approximate surface area is 325 Å². The van der Waals surface area contributed by atoms with Gasteiger partial charge in [-0.05, 0) is 97.9 Å². The highest BCUT2D eigenvalue weighted by molar-refractivity contribution is 7.12. The first-order valence-electron chi connectivity index (χ1n) is 18.7. The Balaban J connectivity index is 0.842. The molecule has 15 heteroatoms. The number of carbonyl (C=O) groups excluding carboxylic acids is 1.